The van der Waals surface area contributed by atoms with Crippen LogP contribution in [0.25, 0.3) is 11.5 Å². The number of aromatic amines is 1. The second-order valence-corrected chi connectivity index (χ2v) is 5.83. The van der Waals surface area contributed by atoms with Gasteiger partial charge in [-0.15, -0.1) is 0 Å². The summed E-state index contributed by atoms with van der Waals surface area (Å²) in [5, 5.41) is 10.1. The van der Waals surface area contributed by atoms with Crippen LogP contribution in [0.5, 0.6) is 0 Å². The lowest BCUT2D eigenvalue weighted by molar-refractivity contribution is -0.123. The van der Waals surface area contributed by atoms with Crippen LogP contribution < -0.4 is 10.6 Å². The quantitative estimate of drug-likeness (QED) is 0.640. The molecule has 1 aliphatic rings. The second-order valence-electron chi connectivity index (χ2n) is 5.83. The molecule has 8 nitrogen and oxygen atoms in total. The topological polar surface area (TPSA) is 109 Å². The summed E-state index contributed by atoms with van der Waals surface area (Å²) < 4.78 is 5.26. The van der Waals surface area contributed by atoms with E-state index in [1.807, 2.05) is 30.3 Å². The summed E-state index contributed by atoms with van der Waals surface area (Å²) in [6.45, 7) is 1.18. The molecule has 0 fully saturated rings. The summed E-state index contributed by atoms with van der Waals surface area (Å²) >= 11 is 0. The van der Waals surface area contributed by atoms with Gasteiger partial charge in [-0.3, -0.25) is 4.79 Å². The fourth-order valence-corrected chi connectivity index (χ4v) is 2.89. The van der Waals surface area contributed by atoms with Crippen LogP contribution in [0.1, 0.15) is 23.3 Å². The van der Waals surface area contributed by atoms with E-state index in [4.69, 9.17) is 4.52 Å². The second kappa shape index (κ2) is 6.86. The number of imidazole rings is 1. The highest BCUT2D eigenvalue weighted by Crippen LogP contribution is 2.19. The molecule has 8 heteroatoms. The molecule has 0 spiro atoms. The van der Waals surface area contributed by atoms with E-state index in [1.165, 1.54) is 0 Å². The van der Waals surface area contributed by atoms with E-state index < -0.39 is 6.04 Å². The molecular formula is C17H18N6O2. The van der Waals surface area contributed by atoms with Crippen molar-refractivity contribution in [2.45, 2.75) is 18.9 Å². The molecule has 1 amide bonds. The number of nitrogens with one attached hydrogen (secondary N) is 3. The number of hydrogen-bond donors (Lipinski definition) is 3. The van der Waals surface area contributed by atoms with Gasteiger partial charge in [0.25, 0.3) is 5.89 Å². The molecule has 0 radical (unpaired) electrons. The van der Waals surface area contributed by atoms with Crippen molar-refractivity contribution < 1.29 is 9.32 Å². The number of hydrogen-bond acceptors (Lipinski definition) is 6. The Morgan fingerprint density at radius 1 is 1.32 bits per heavy atom. The van der Waals surface area contributed by atoms with Crippen LogP contribution in [0.3, 0.4) is 0 Å². The fourth-order valence-electron chi connectivity index (χ4n) is 2.89. The van der Waals surface area contributed by atoms with Crippen LogP contribution in [-0.4, -0.2) is 39.1 Å². The molecule has 0 saturated carbocycles. The third-order valence-electron chi connectivity index (χ3n) is 4.15. The van der Waals surface area contributed by atoms with E-state index in [1.54, 1.807) is 6.33 Å². The SMILES string of the molecule is O=C(NCCc1noc(-c2ccccc2)n1)C1NCCc2[nH]cnc21. The van der Waals surface area contributed by atoms with Crippen molar-refractivity contribution >= 4 is 5.91 Å². The number of aromatic nitrogens is 4. The van der Waals surface area contributed by atoms with Gasteiger partial charge in [-0.1, -0.05) is 23.4 Å². The summed E-state index contributed by atoms with van der Waals surface area (Å²) in [5.41, 5.74) is 2.67. The molecule has 0 bridgehead atoms. The Labute approximate surface area is 144 Å². The third-order valence-corrected chi connectivity index (χ3v) is 4.15. The van der Waals surface area contributed by atoms with Gasteiger partial charge >= 0.3 is 0 Å². The van der Waals surface area contributed by atoms with Crippen molar-refractivity contribution in [1.82, 2.24) is 30.7 Å². The van der Waals surface area contributed by atoms with Gasteiger partial charge in [0.15, 0.2) is 5.82 Å². The number of H-pyrrole nitrogens is 1. The average Bonchev–Trinajstić information content (AvgIpc) is 3.31. The van der Waals surface area contributed by atoms with Crippen molar-refractivity contribution in [2.75, 3.05) is 13.1 Å². The molecule has 3 heterocycles. The number of amides is 1. The van der Waals surface area contributed by atoms with Gasteiger partial charge in [0.05, 0.1) is 12.0 Å². The summed E-state index contributed by atoms with van der Waals surface area (Å²) in [7, 11) is 0. The van der Waals surface area contributed by atoms with E-state index in [0.717, 1.165) is 29.9 Å². The Kier molecular flexibility index (Phi) is 4.26. The summed E-state index contributed by atoms with van der Waals surface area (Å²) in [5.74, 6) is 0.952. The summed E-state index contributed by atoms with van der Waals surface area (Å²) in [6.07, 6.45) is 2.98. The molecule has 0 saturated heterocycles. The maximum Gasteiger partial charge on any atom is 0.257 e. The molecule has 3 aromatic rings. The third kappa shape index (κ3) is 3.29. The van der Waals surface area contributed by atoms with Gasteiger partial charge in [-0.05, 0) is 12.1 Å². The minimum atomic E-state index is -0.417. The number of carbonyl (C=O) groups excluding carboxylic acids is 1. The first-order valence-corrected chi connectivity index (χ1v) is 8.22. The van der Waals surface area contributed by atoms with E-state index >= 15 is 0 Å². The molecule has 1 aliphatic heterocycles. The number of nitrogens with zero attached hydrogens (tertiary/aromatic N) is 3. The Hall–Kier alpha value is -3.00. The smallest absolute Gasteiger partial charge is 0.257 e. The zero-order valence-corrected chi connectivity index (χ0v) is 13.5. The number of carbonyl (C=O) groups is 1. The fraction of sp³-hybridized carbons (Fsp3) is 0.294. The first-order valence-electron chi connectivity index (χ1n) is 8.22. The highest BCUT2D eigenvalue weighted by Gasteiger charge is 2.28. The standard InChI is InChI=1S/C17H18N6O2/c24-16(15-14-12(6-8-18-15)20-10-21-14)19-9-7-13-22-17(25-23-13)11-4-2-1-3-5-11/h1-5,10,15,18H,6-9H2,(H,19,24)(H,20,21). The van der Waals surface area contributed by atoms with Crippen LogP contribution in [-0.2, 0) is 17.6 Å². The Morgan fingerprint density at radius 3 is 3.08 bits per heavy atom. The first kappa shape index (κ1) is 15.5. The van der Waals surface area contributed by atoms with Gasteiger partial charge in [0.2, 0.25) is 5.91 Å². The maximum atomic E-state index is 12.4. The lowest BCUT2D eigenvalue weighted by Crippen LogP contribution is -2.42. The molecular weight excluding hydrogens is 320 g/mol. The van der Waals surface area contributed by atoms with Crippen molar-refractivity contribution in [3.05, 3.63) is 53.9 Å². The Morgan fingerprint density at radius 2 is 2.20 bits per heavy atom. The largest absolute Gasteiger partial charge is 0.354 e. The Bertz CT molecular complexity index is 857. The monoisotopic (exact) mass is 338 g/mol. The molecule has 1 unspecified atom stereocenters. The predicted octanol–water partition coefficient (Wildman–Crippen LogP) is 1.01. The van der Waals surface area contributed by atoms with Crippen molar-refractivity contribution in [3.63, 3.8) is 0 Å². The minimum Gasteiger partial charge on any atom is -0.354 e. The number of benzene rings is 1. The lowest BCUT2D eigenvalue weighted by Gasteiger charge is -2.22. The molecule has 25 heavy (non-hydrogen) atoms. The Balaban J connectivity index is 1.33. The van der Waals surface area contributed by atoms with Crippen LogP contribution in [0.15, 0.2) is 41.2 Å². The molecule has 3 N–H and O–H groups in total. The minimum absolute atomic E-state index is 0.0974. The van der Waals surface area contributed by atoms with Crippen molar-refractivity contribution in [1.29, 1.82) is 0 Å². The highest BCUT2D eigenvalue weighted by atomic mass is 16.5. The van der Waals surface area contributed by atoms with E-state index in [2.05, 4.69) is 30.7 Å². The highest BCUT2D eigenvalue weighted by molar-refractivity contribution is 5.83. The zero-order valence-electron chi connectivity index (χ0n) is 13.5. The van der Waals surface area contributed by atoms with Gasteiger partial charge in [-0.2, -0.15) is 4.98 Å². The molecule has 0 aliphatic carbocycles. The molecule has 1 aromatic carbocycles. The van der Waals surface area contributed by atoms with E-state index in [-0.39, 0.29) is 5.91 Å². The van der Waals surface area contributed by atoms with Gasteiger partial charge in [0, 0.05) is 37.2 Å². The van der Waals surface area contributed by atoms with Gasteiger partial charge in [0.1, 0.15) is 6.04 Å². The molecule has 4 rings (SSSR count). The lowest BCUT2D eigenvalue weighted by atomic mass is 10.1. The van der Waals surface area contributed by atoms with Crippen LogP contribution in [0.2, 0.25) is 0 Å². The number of fused-ring (bicyclic) bond motifs is 1. The predicted molar refractivity (Wildman–Crippen MR) is 89.5 cm³/mol. The molecule has 2 aromatic heterocycles. The summed E-state index contributed by atoms with van der Waals surface area (Å²) in [4.78, 5) is 24.1. The first-order chi connectivity index (χ1) is 12.3. The molecule has 1 atom stereocenters. The van der Waals surface area contributed by atoms with Crippen LogP contribution in [0.4, 0.5) is 0 Å². The van der Waals surface area contributed by atoms with Crippen LogP contribution >= 0.6 is 0 Å². The van der Waals surface area contributed by atoms with Gasteiger partial charge in [-0.25, -0.2) is 4.98 Å². The summed E-state index contributed by atoms with van der Waals surface area (Å²) in [6, 6.07) is 9.17. The maximum absolute atomic E-state index is 12.4. The average molecular weight is 338 g/mol. The number of rotatable bonds is 5. The van der Waals surface area contributed by atoms with E-state index in [0.29, 0.717) is 24.7 Å². The normalized spacial score (nSPS) is 16.4. The van der Waals surface area contributed by atoms with Crippen molar-refractivity contribution in [3.8, 4) is 11.5 Å². The zero-order chi connectivity index (χ0) is 17.1. The molecule has 128 valence electrons. The van der Waals surface area contributed by atoms with Gasteiger partial charge < -0.3 is 20.1 Å². The van der Waals surface area contributed by atoms with Crippen LogP contribution in [0, 0.1) is 0 Å². The van der Waals surface area contributed by atoms with E-state index in [9.17, 15) is 4.79 Å². The van der Waals surface area contributed by atoms with Crippen molar-refractivity contribution in [2.24, 2.45) is 0 Å².